The van der Waals surface area contributed by atoms with Gasteiger partial charge in [0.25, 0.3) is 0 Å². The van der Waals surface area contributed by atoms with Crippen molar-refractivity contribution in [3.05, 3.63) is 137 Å². The van der Waals surface area contributed by atoms with Gasteiger partial charge >= 0.3 is 5.97 Å². The van der Waals surface area contributed by atoms with E-state index in [2.05, 4.69) is 76.8 Å². The molecule has 0 bridgehead atoms. The summed E-state index contributed by atoms with van der Waals surface area (Å²) in [4.78, 5) is 11.7. The van der Waals surface area contributed by atoms with E-state index in [0.29, 0.717) is 23.9 Å². The molecule has 42 heavy (non-hydrogen) atoms. The number of rotatable bonds is 11. The molecule has 0 saturated heterocycles. The van der Waals surface area contributed by atoms with Crippen molar-refractivity contribution in [3.63, 3.8) is 0 Å². The van der Waals surface area contributed by atoms with Crippen LogP contribution < -0.4 is 11.1 Å². The van der Waals surface area contributed by atoms with Crippen LogP contribution in [0.5, 0.6) is 0 Å². The van der Waals surface area contributed by atoms with E-state index in [4.69, 9.17) is 5.73 Å². The Labute approximate surface area is 250 Å². The van der Waals surface area contributed by atoms with Crippen molar-refractivity contribution in [2.45, 2.75) is 53.5 Å². The fourth-order valence-electron chi connectivity index (χ4n) is 5.33. The van der Waals surface area contributed by atoms with Gasteiger partial charge in [0, 0.05) is 17.9 Å². The number of anilines is 1. The first-order valence-electron chi connectivity index (χ1n) is 14.5. The Morgan fingerprint density at radius 3 is 2.21 bits per heavy atom. The number of hydrogen-bond donors (Lipinski definition) is 3. The zero-order chi connectivity index (χ0) is 30.4. The van der Waals surface area contributed by atoms with E-state index in [1.54, 1.807) is 12.1 Å². The lowest BCUT2D eigenvalue weighted by atomic mass is 9.80. The van der Waals surface area contributed by atoms with Gasteiger partial charge in [0.1, 0.15) is 0 Å². The minimum atomic E-state index is -0.911. The summed E-state index contributed by atoms with van der Waals surface area (Å²) < 4.78 is 0. The Hall–Kier alpha value is -4.57. The molecule has 0 saturated carbocycles. The van der Waals surface area contributed by atoms with Crippen LogP contribution >= 0.6 is 0 Å². The molecular weight excluding hydrogens is 516 g/mol. The predicted molar refractivity (Wildman–Crippen MR) is 177 cm³/mol. The van der Waals surface area contributed by atoms with E-state index in [-0.39, 0.29) is 0 Å². The maximum atomic E-state index is 11.7. The van der Waals surface area contributed by atoms with Crippen molar-refractivity contribution in [1.82, 2.24) is 5.32 Å². The van der Waals surface area contributed by atoms with E-state index >= 15 is 0 Å². The molecule has 4 heteroatoms. The zero-order valence-corrected chi connectivity index (χ0v) is 25.4. The average molecular weight is 559 g/mol. The van der Waals surface area contributed by atoms with Crippen molar-refractivity contribution >= 4 is 22.9 Å². The molecular formula is C38H42N2O2. The molecule has 4 aromatic carbocycles. The molecule has 0 radical (unpaired) electrons. The van der Waals surface area contributed by atoms with Crippen LogP contribution in [0, 0.1) is 5.92 Å². The Morgan fingerprint density at radius 2 is 1.55 bits per heavy atom. The van der Waals surface area contributed by atoms with Gasteiger partial charge in [-0.1, -0.05) is 98.8 Å². The Morgan fingerprint density at radius 1 is 0.881 bits per heavy atom. The number of benzene rings is 4. The standard InChI is InChI=1S/C38H42N2O2/c1-24(2)26(4)36-22-31(28(6)40-23-32-11-7-10-14-37(32)39)19-20-33(36)27(5)25(3)21-29-15-17-30(18-16-29)34-12-8-9-13-35(34)38(41)42/h7-20,22,25,27,40H,6,21,23,39H2,1-5H3,(H,41,42). The number of carbonyl (C=O) groups is 1. The van der Waals surface area contributed by atoms with Gasteiger partial charge in [-0.2, -0.15) is 0 Å². The number of nitrogen functional groups attached to an aromatic ring is 1. The lowest BCUT2D eigenvalue weighted by Crippen LogP contribution is -2.14. The molecule has 216 valence electrons. The van der Waals surface area contributed by atoms with E-state index in [1.165, 1.54) is 27.8 Å². The molecule has 0 aliphatic rings. The maximum Gasteiger partial charge on any atom is 0.336 e. The molecule has 4 aromatic rings. The molecule has 0 amide bonds. The summed E-state index contributed by atoms with van der Waals surface area (Å²) in [7, 11) is 0. The molecule has 0 aliphatic heterocycles. The molecule has 4 N–H and O–H groups in total. The van der Waals surface area contributed by atoms with E-state index in [0.717, 1.165) is 40.1 Å². The molecule has 2 unspecified atom stereocenters. The predicted octanol–water partition coefficient (Wildman–Crippen LogP) is 9.19. The number of hydrogen-bond acceptors (Lipinski definition) is 3. The monoisotopic (exact) mass is 558 g/mol. The summed E-state index contributed by atoms with van der Waals surface area (Å²) in [5.41, 5.74) is 18.3. The van der Waals surface area contributed by atoms with Gasteiger partial charge in [-0.25, -0.2) is 4.79 Å². The largest absolute Gasteiger partial charge is 0.478 e. The van der Waals surface area contributed by atoms with Gasteiger partial charge in [0.05, 0.1) is 5.56 Å². The van der Waals surface area contributed by atoms with Crippen LogP contribution in [0.3, 0.4) is 0 Å². The van der Waals surface area contributed by atoms with Crippen LogP contribution in [-0.4, -0.2) is 11.1 Å². The highest BCUT2D eigenvalue weighted by molar-refractivity contribution is 5.96. The highest BCUT2D eigenvalue weighted by Gasteiger charge is 2.20. The molecule has 0 aromatic heterocycles. The maximum absolute atomic E-state index is 11.7. The molecule has 0 heterocycles. The van der Waals surface area contributed by atoms with Crippen LogP contribution in [0.2, 0.25) is 0 Å². The Kier molecular flexibility index (Phi) is 9.69. The summed E-state index contributed by atoms with van der Waals surface area (Å²) in [6.45, 7) is 16.1. The first kappa shape index (κ1) is 30.4. The van der Waals surface area contributed by atoms with Gasteiger partial charge in [0.2, 0.25) is 0 Å². The number of nitrogens with one attached hydrogen (secondary N) is 1. The molecule has 4 rings (SSSR count). The Bertz CT molecular complexity index is 1610. The first-order chi connectivity index (χ1) is 20.1. The molecule has 4 nitrogen and oxygen atoms in total. The average Bonchev–Trinajstić information content (AvgIpc) is 2.99. The quantitative estimate of drug-likeness (QED) is 0.160. The minimum absolute atomic E-state index is 0.319. The fourth-order valence-corrected chi connectivity index (χ4v) is 5.33. The van der Waals surface area contributed by atoms with Crippen LogP contribution in [0.1, 0.15) is 78.7 Å². The molecule has 0 fully saturated rings. The lowest BCUT2D eigenvalue weighted by molar-refractivity contribution is 0.0697. The highest BCUT2D eigenvalue weighted by Crippen LogP contribution is 2.35. The van der Waals surface area contributed by atoms with Crippen molar-refractivity contribution < 1.29 is 9.90 Å². The number of allylic oxidation sites excluding steroid dienone is 2. The zero-order valence-electron chi connectivity index (χ0n) is 25.4. The van der Waals surface area contributed by atoms with Crippen LogP contribution in [0.15, 0.2) is 103 Å². The fraction of sp³-hybridized carbons (Fsp3) is 0.237. The number of carboxylic acids is 1. The van der Waals surface area contributed by atoms with Crippen molar-refractivity contribution in [1.29, 1.82) is 0 Å². The minimum Gasteiger partial charge on any atom is -0.478 e. The second kappa shape index (κ2) is 13.4. The highest BCUT2D eigenvalue weighted by atomic mass is 16.4. The second-order valence-corrected chi connectivity index (χ2v) is 11.5. The van der Waals surface area contributed by atoms with Gasteiger partial charge in [0.15, 0.2) is 0 Å². The van der Waals surface area contributed by atoms with E-state index in [9.17, 15) is 9.90 Å². The lowest BCUT2D eigenvalue weighted by Gasteiger charge is -2.25. The molecule has 0 spiro atoms. The van der Waals surface area contributed by atoms with Crippen molar-refractivity contribution in [2.75, 3.05) is 5.73 Å². The number of aromatic carboxylic acids is 1. The summed E-state index contributed by atoms with van der Waals surface area (Å²) >= 11 is 0. The third-order valence-electron chi connectivity index (χ3n) is 8.43. The summed E-state index contributed by atoms with van der Waals surface area (Å²) in [6.07, 6.45) is 0.920. The Balaban J connectivity index is 1.53. The third-order valence-corrected chi connectivity index (χ3v) is 8.43. The third kappa shape index (κ3) is 7.01. The summed E-state index contributed by atoms with van der Waals surface area (Å²) in [6, 6.07) is 30.0. The first-order valence-corrected chi connectivity index (χ1v) is 14.5. The summed E-state index contributed by atoms with van der Waals surface area (Å²) in [5, 5.41) is 13.0. The topological polar surface area (TPSA) is 75.3 Å². The van der Waals surface area contributed by atoms with Crippen LogP contribution in [0.4, 0.5) is 5.69 Å². The van der Waals surface area contributed by atoms with Gasteiger partial charge in [-0.05, 0) is 102 Å². The van der Waals surface area contributed by atoms with Gasteiger partial charge in [-0.15, -0.1) is 0 Å². The number of para-hydroxylation sites is 1. The van der Waals surface area contributed by atoms with Crippen LogP contribution in [0.25, 0.3) is 22.4 Å². The van der Waals surface area contributed by atoms with Crippen molar-refractivity contribution in [3.8, 4) is 11.1 Å². The number of nitrogens with two attached hydrogens (primary N) is 1. The van der Waals surface area contributed by atoms with Gasteiger partial charge < -0.3 is 16.2 Å². The summed E-state index contributed by atoms with van der Waals surface area (Å²) in [5.74, 6) is -0.203. The van der Waals surface area contributed by atoms with E-state index in [1.807, 2.05) is 48.5 Å². The molecule has 2 atom stereocenters. The SMILES string of the molecule is C=C(NCc1ccccc1N)c1ccc(C(C)C(C)Cc2ccc(-c3ccccc3C(=O)O)cc2)c(C(C)=C(C)C)c1. The van der Waals surface area contributed by atoms with Crippen LogP contribution in [-0.2, 0) is 13.0 Å². The second-order valence-electron chi connectivity index (χ2n) is 11.5. The normalized spacial score (nSPS) is 12.3. The number of carboxylic acid groups (broad SMARTS) is 1. The van der Waals surface area contributed by atoms with E-state index < -0.39 is 5.97 Å². The van der Waals surface area contributed by atoms with Gasteiger partial charge in [-0.3, -0.25) is 0 Å². The molecule has 0 aliphatic carbocycles. The smallest absolute Gasteiger partial charge is 0.336 e. The van der Waals surface area contributed by atoms with Crippen molar-refractivity contribution in [2.24, 2.45) is 5.92 Å².